The molecule has 0 aromatic heterocycles. The molecule has 0 saturated heterocycles. The topological polar surface area (TPSA) is 12.5 Å². The molecule has 1 aromatic carbocycles. The van der Waals surface area contributed by atoms with Crippen LogP contribution in [0.1, 0.15) is 0 Å². The largest absolute Gasteiger partial charge is 0.490 e. The summed E-state index contributed by atoms with van der Waals surface area (Å²) in [6, 6.07) is 6.32. The summed E-state index contributed by atoms with van der Waals surface area (Å²) in [5.74, 6) is 1.02. The van der Waals surface area contributed by atoms with Gasteiger partial charge in [-0.3, -0.25) is 0 Å². The molecule has 1 heterocycles. The highest BCUT2D eigenvalue weighted by molar-refractivity contribution is 6.32. The lowest BCUT2D eigenvalue weighted by molar-refractivity contribution is 0.311. The van der Waals surface area contributed by atoms with E-state index >= 15 is 0 Å². The first kappa shape index (κ1) is 7.53. The molecule has 0 amide bonds. The predicted octanol–water partition coefficient (Wildman–Crippen LogP) is -0.226. The van der Waals surface area contributed by atoms with Gasteiger partial charge in [-0.15, -0.1) is 0 Å². The van der Waals surface area contributed by atoms with Gasteiger partial charge in [0, 0.05) is 7.05 Å². The molecular formula is C9H12BNO. The number of anilines is 1. The first-order chi connectivity index (χ1) is 5.77. The molecule has 1 aromatic rings. The Hall–Kier alpha value is -1.12. The number of fused-ring (bicyclic) bond motifs is 1. The molecule has 0 fully saturated rings. The SMILES string of the molecule is Bc1ccc2c(c1)OCCN2C. The van der Waals surface area contributed by atoms with Gasteiger partial charge in [-0.2, -0.15) is 0 Å². The van der Waals surface area contributed by atoms with Crippen LogP contribution in [0.15, 0.2) is 18.2 Å². The Bertz CT molecular complexity index is 301. The first-order valence-electron chi connectivity index (χ1n) is 4.22. The van der Waals surface area contributed by atoms with Crippen molar-refractivity contribution >= 4 is 19.0 Å². The lowest BCUT2D eigenvalue weighted by Crippen LogP contribution is -2.29. The Morgan fingerprint density at radius 2 is 2.33 bits per heavy atom. The van der Waals surface area contributed by atoms with E-state index in [1.54, 1.807) is 0 Å². The Morgan fingerprint density at radius 1 is 1.50 bits per heavy atom. The van der Waals surface area contributed by atoms with Crippen molar-refractivity contribution in [2.45, 2.75) is 0 Å². The van der Waals surface area contributed by atoms with E-state index in [2.05, 4.69) is 38.0 Å². The fourth-order valence-corrected chi connectivity index (χ4v) is 1.47. The minimum atomic E-state index is 0.799. The third-order valence-electron chi connectivity index (χ3n) is 2.21. The molecule has 2 nitrogen and oxygen atoms in total. The second kappa shape index (κ2) is 2.74. The van der Waals surface area contributed by atoms with E-state index < -0.39 is 0 Å². The summed E-state index contributed by atoms with van der Waals surface area (Å²) < 4.78 is 5.53. The molecule has 1 aliphatic rings. The molecule has 0 atom stereocenters. The van der Waals surface area contributed by atoms with E-state index in [0.717, 1.165) is 18.9 Å². The fraction of sp³-hybridized carbons (Fsp3) is 0.333. The standard InChI is InChI=1S/C9H12BNO/c1-11-4-5-12-9-6-7(10)2-3-8(9)11/h2-3,6H,4-5,10H2,1H3. The van der Waals surface area contributed by atoms with Crippen LogP contribution in [0.3, 0.4) is 0 Å². The van der Waals surface area contributed by atoms with Gasteiger partial charge >= 0.3 is 0 Å². The Labute approximate surface area is 73.5 Å². The minimum Gasteiger partial charge on any atom is -0.490 e. The number of rotatable bonds is 0. The fourth-order valence-electron chi connectivity index (χ4n) is 1.47. The van der Waals surface area contributed by atoms with Crippen molar-refractivity contribution in [1.29, 1.82) is 0 Å². The molecular weight excluding hydrogens is 149 g/mol. The third kappa shape index (κ3) is 1.15. The van der Waals surface area contributed by atoms with E-state index in [-0.39, 0.29) is 0 Å². The van der Waals surface area contributed by atoms with Gasteiger partial charge in [-0.25, -0.2) is 0 Å². The minimum absolute atomic E-state index is 0.799. The van der Waals surface area contributed by atoms with Crippen molar-refractivity contribution < 1.29 is 4.74 Å². The summed E-state index contributed by atoms with van der Waals surface area (Å²) in [5.41, 5.74) is 2.45. The van der Waals surface area contributed by atoms with E-state index in [1.807, 2.05) is 0 Å². The highest BCUT2D eigenvalue weighted by atomic mass is 16.5. The zero-order valence-electron chi connectivity index (χ0n) is 7.50. The molecule has 12 heavy (non-hydrogen) atoms. The van der Waals surface area contributed by atoms with Gasteiger partial charge in [-0.05, 0) is 12.1 Å². The summed E-state index contributed by atoms with van der Waals surface area (Å²) in [5, 5.41) is 0. The van der Waals surface area contributed by atoms with Crippen molar-refractivity contribution in [3.8, 4) is 5.75 Å². The van der Waals surface area contributed by atoms with Crippen LogP contribution < -0.4 is 15.1 Å². The quantitative estimate of drug-likeness (QED) is 0.487. The highest BCUT2D eigenvalue weighted by Crippen LogP contribution is 2.28. The summed E-state index contributed by atoms with van der Waals surface area (Å²) in [6.07, 6.45) is 0. The van der Waals surface area contributed by atoms with E-state index in [0.29, 0.717) is 0 Å². The maximum Gasteiger partial charge on any atom is 0.142 e. The summed E-state index contributed by atoms with van der Waals surface area (Å²) in [7, 11) is 4.18. The molecule has 2 rings (SSSR count). The zero-order chi connectivity index (χ0) is 8.55. The molecule has 1 aliphatic heterocycles. The van der Waals surface area contributed by atoms with Crippen molar-refractivity contribution in [3.63, 3.8) is 0 Å². The number of likely N-dealkylation sites (N-methyl/N-ethyl adjacent to an activating group) is 1. The first-order valence-corrected chi connectivity index (χ1v) is 4.22. The number of benzene rings is 1. The van der Waals surface area contributed by atoms with Crippen molar-refractivity contribution in [2.75, 3.05) is 25.1 Å². The number of ether oxygens (including phenoxy) is 1. The second-order valence-electron chi connectivity index (χ2n) is 3.24. The zero-order valence-corrected chi connectivity index (χ0v) is 7.50. The van der Waals surface area contributed by atoms with Crippen LogP contribution in [-0.2, 0) is 0 Å². The van der Waals surface area contributed by atoms with Gasteiger partial charge in [0.15, 0.2) is 0 Å². The lowest BCUT2D eigenvalue weighted by atomic mass is 9.95. The molecule has 0 spiro atoms. The van der Waals surface area contributed by atoms with Gasteiger partial charge in [0.25, 0.3) is 0 Å². The summed E-state index contributed by atoms with van der Waals surface area (Å²) >= 11 is 0. The molecule has 0 saturated carbocycles. The average Bonchev–Trinajstić information content (AvgIpc) is 2.04. The predicted molar refractivity (Wildman–Crippen MR) is 53.4 cm³/mol. The van der Waals surface area contributed by atoms with Crippen LogP contribution in [-0.4, -0.2) is 28.0 Å². The van der Waals surface area contributed by atoms with Crippen LogP contribution in [0.5, 0.6) is 5.75 Å². The Balaban J connectivity index is 2.46. The molecule has 0 aliphatic carbocycles. The molecule has 62 valence electrons. The molecule has 0 N–H and O–H groups in total. The monoisotopic (exact) mass is 161 g/mol. The number of hydrogen-bond acceptors (Lipinski definition) is 2. The number of hydrogen-bond donors (Lipinski definition) is 0. The maximum atomic E-state index is 5.53. The van der Waals surface area contributed by atoms with Crippen LogP contribution in [0.2, 0.25) is 0 Å². The smallest absolute Gasteiger partial charge is 0.142 e. The van der Waals surface area contributed by atoms with Crippen LogP contribution in [0.25, 0.3) is 0 Å². The van der Waals surface area contributed by atoms with Gasteiger partial charge in [0.1, 0.15) is 20.2 Å². The highest BCUT2D eigenvalue weighted by Gasteiger charge is 2.13. The van der Waals surface area contributed by atoms with Gasteiger partial charge in [-0.1, -0.05) is 11.5 Å². The van der Waals surface area contributed by atoms with Crippen molar-refractivity contribution in [1.82, 2.24) is 0 Å². The van der Waals surface area contributed by atoms with E-state index in [9.17, 15) is 0 Å². The van der Waals surface area contributed by atoms with Crippen LogP contribution in [0, 0.1) is 0 Å². The van der Waals surface area contributed by atoms with Crippen LogP contribution >= 0.6 is 0 Å². The van der Waals surface area contributed by atoms with Gasteiger partial charge < -0.3 is 9.64 Å². The molecule has 3 heteroatoms. The maximum absolute atomic E-state index is 5.53. The lowest BCUT2D eigenvalue weighted by Gasteiger charge is -2.27. The van der Waals surface area contributed by atoms with Crippen molar-refractivity contribution in [3.05, 3.63) is 18.2 Å². The molecule has 0 bridgehead atoms. The third-order valence-corrected chi connectivity index (χ3v) is 2.21. The van der Waals surface area contributed by atoms with Gasteiger partial charge in [0.05, 0.1) is 12.2 Å². The summed E-state index contributed by atoms with van der Waals surface area (Å²) in [4.78, 5) is 2.22. The van der Waals surface area contributed by atoms with Gasteiger partial charge in [0.2, 0.25) is 0 Å². The van der Waals surface area contributed by atoms with E-state index in [4.69, 9.17) is 4.74 Å². The second-order valence-corrected chi connectivity index (χ2v) is 3.24. The molecule has 0 unspecified atom stereocenters. The normalized spacial score (nSPS) is 15.2. The average molecular weight is 161 g/mol. The summed E-state index contributed by atoms with van der Waals surface area (Å²) in [6.45, 7) is 1.78. The van der Waals surface area contributed by atoms with E-state index in [1.165, 1.54) is 11.2 Å². The molecule has 0 radical (unpaired) electrons. The number of nitrogens with zero attached hydrogens (tertiary/aromatic N) is 1. The van der Waals surface area contributed by atoms with Crippen LogP contribution in [0.4, 0.5) is 5.69 Å². The Kier molecular flexibility index (Phi) is 1.72. The Morgan fingerprint density at radius 3 is 3.17 bits per heavy atom. The van der Waals surface area contributed by atoms with Crippen molar-refractivity contribution in [2.24, 2.45) is 0 Å².